The number of rotatable bonds is 5. The van der Waals surface area contributed by atoms with Crippen molar-refractivity contribution in [3.05, 3.63) is 35.4 Å². The van der Waals surface area contributed by atoms with Gasteiger partial charge in [0, 0.05) is 19.1 Å². The molecule has 0 aromatic heterocycles. The van der Waals surface area contributed by atoms with Gasteiger partial charge in [-0.1, -0.05) is 6.07 Å². The van der Waals surface area contributed by atoms with E-state index in [1.807, 2.05) is 6.92 Å². The van der Waals surface area contributed by atoms with Crippen LogP contribution in [0.1, 0.15) is 39.3 Å². The molecule has 0 aliphatic rings. The molecule has 0 heterocycles. The van der Waals surface area contributed by atoms with E-state index in [2.05, 4.69) is 10.6 Å². The summed E-state index contributed by atoms with van der Waals surface area (Å²) < 4.78 is 31.0. The van der Waals surface area contributed by atoms with Crippen LogP contribution in [0.5, 0.6) is 0 Å². The van der Waals surface area contributed by atoms with E-state index in [9.17, 15) is 13.6 Å². The van der Waals surface area contributed by atoms with Gasteiger partial charge in [0.15, 0.2) is 11.6 Å². The summed E-state index contributed by atoms with van der Waals surface area (Å²) in [6.45, 7) is 8.06. The van der Waals surface area contributed by atoms with Crippen LogP contribution in [0.2, 0.25) is 0 Å². The van der Waals surface area contributed by atoms with Crippen LogP contribution in [0, 0.1) is 11.6 Å². The number of amides is 1. The molecule has 0 saturated carbocycles. The van der Waals surface area contributed by atoms with Crippen LogP contribution in [-0.2, 0) is 4.74 Å². The predicted molar refractivity (Wildman–Crippen MR) is 77.0 cm³/mol. The molecule has 0 unspecified atom stereocenters. The van der Waals surface area contributed by atoms with E-state index < -0.39 is 23.3 Å². The van der Waals surface area contributed by atoms with Crippen molar-refractivity contribution in [1.82, 2.24) is 10.6 Å². The minimum atomic E-state index is -0.868. The van der Waals surface area contributed by atoms with E-state index in [-0.39, 0.29) is 6.04 Å². The first kappa shape index (κ1) is 17.4. The second-order valence-electron chi connectivity index (χ2n) is 5.78. The lowest BCUT2D eigenvalue weighted by Crippen LogP contribution is -2.36. The number of benzene rings is 1. The lowest BCUT2D eigenvalue weighted by Gasteiger charge is -2.20. The molecule has 4 nitrogen and oxygen atoms in total. The maximum absolute atomic E-state index is 13.1. The van der Waals surface area contributed by atoms with Gasteiger partial charge in [0.05, 0.1) is 0 Å². The first-order chi connectivity index (χ1) is 9.69. The summed E-state index contributed by atoms with van der Waals surface area (Å²) in [5.74, 6) is -1.73. The summed E-state index contributed by atoms with van der Waals surface area (Å²) >= 11 is 0. The average molecular weight is 300 g/mol. The van der Waals surface area contributed by atoms with E-state index in [0.29, 0.717) is 18.7 Å². The highest BCUT2D eigenvalue weighted by molar-refractivity contribution is 5.67. The van der Waals surface area contributed by atoms with Crippen molar-refractivity contribution in [3.63, 3.8) is 0 Å². The van der Waals surface area contributed by atoms with Crippen LogP contribution in [0.4, 0.5) is 13.6 Å². The van der Waals surface area contributed by atoms with Crippen LogP contribution in [-0.4, -0.2) is 24.8 Å². The first-order valence-electron chi connectivity index (χ1n) is 6.84. The summed E-state index contributed by atoms with van der Waals surface area (Å²) in [4.78, 5) is 11.4. The molecule has 0 radical (unpaired) electrons. The van der Waals surface area contributed by atoms with Crippen LogP contribution < -0.4 is 10.6 Å². The third kappa shape index (κ3) is 6.53. The molecule has 1 aromatic carbocycles. The summed E-state index contributed by atoms with van der Waals surface area (Å²) in [5, 5.41) is 5.71. The second kappa shape index (κ2) is 7.36. The molecule has 0 bridgehead atoms. The molecule has 6 heteroatoms. The molecule has 0 saturated heterocycles. The molecule has 1 amide bonds. The topological polar surface area (TPSA) is 50.4 Å². The van der Waals surface area contributed by atoms with Crippen molar-refractivity contribution in [3.8, 4) is 0 Å². The molecule has 1 atom stereocenters. The largest absolute Gasteiger partial charge is 0.444 e. The zero-order valence-corrected chi connectivity index (χ0v) is 12.8. The Bertz CT molecular complexity index is 487. The normalized spacial score (nSPS) is 12.9. The van der Waals surface area contributed by atoms with E-state index in [1.165, 1.54) is 6.07 Å². The molecule has 21 heavy (non-hydrogen) atoms. The van der Waals surface area contributed by atoms with E-state index in [0.717, 1.165) is 12.1 Å². The number of halogens is 2. The van der Waals surface area contributed by atoms with Gasteiger partial charge < -0.3 is 15.4 Å². The van der Waals surface area contributed by atoms with Crippen LogP contribution in [0.3, 0.4) is 0 Å². The Labute approximate surface area is 123 Å². The van der Waals surface area contributed by atoms with E-state index in [1.54, 1.807) is 20.8 Å². The van der Waals surface area contributed by atoms with Crippen LogP contribution in [0.15, 0.2) is 18.2 Å². The number of nitrogens with one attached hydrogen (secondary N) is 2. The average Bonchev–Trinajstić information content (AvgIpc) is 2.35. The summed E-state index contributed by atoms with van der Waals surface area (Å²) in [6.07, 6.45) is -0.482. The SMILES string of the molecule is C[C@@H](NCCNC(=O)OC(C)(C)C)c1ccc(F)c(F)c1. The smallest absolute Gasteiger partial charge is 0.407 e. The minimum Gasteiger partial charge on any atom is -0.444 e. The number of hydrogen-bond donors (Lipinski definition) is 2. The summed E-state index contributed by atoms with van der Waals surface area (Å²) in [7, 11) is 0. The molecule has 0 aliphatic carbocycles. The Morgan fingerprint density at radius 1 is 1.24 bits per heavy atom. The molecule has 1 rings (SSSR count). The third-order valence-corrected chi connectivity index (χ3v) is 2.69. The highest BCUT2D eigenvalue weighted by Crippen LogP contribution is 2.15. The van der Waals surface area contributed by atoms with Crippen LogP contribution >= 0.6 is 0 Å². The van der Waals surface area contributed by atoms with Crippen molar-refractivity contribution in [2.75, 3.05) is 13.1 Å². The fraction of sp³-hybridized carbons (Fsp3) is 0.533. The van der Waals surface area contributed by atoms with Gasteiger partial charge in [-0.05, 0) is 45.4 Å². The van der Waals surface area contributed by atoms with Crippen molar-refractivity contribution < 1.29 is 18.3 Å². The highest BCUT2D eigenvalue weighted by Gasteiger charge is 2.15. The number of hydrogen-bond acceptors (Lipinski definition) is 3. The van der Waals surface area contributed by atoms with Crippen molar-refractivity contribution in [2.24, 2.45) is 0 Å². The van der Waals surface area contributed by atoms with E-state index in [4.69, 9.17) is 4.74 Å². The minimum absolute atomic E-state index is 0.152. The van der Waals surface area contributed by atoms with E-state index >= 15 is 0 Å². The Hall–Kier alpha value is -1.69. The number of ether oxygens (including phenoxy) is 1. The Morgan fingerprint density at radius 2 is 1.90 bits per heavy atom. The first-order valence-corrected chi connectivity index (χ1v) is 6.84. The number of alkyl carbamates (subject to hydrolysis) is 1. The van der Waals surface area contributed by atoms with Gasteiger partial charge in [-0.2, -0.15) is 0 Å². The van der Waals surface area contributed by atoms with Crippen molar-refractivity contribution in [2.45, 2.75) is 39.3 Å². The molecule has 0 fully saturated rings. The summed E-state index contributed by atoms with van der Waals surface area (Å²) in [6, 6.07) is 3.63. The molecule has 0 spiro atoms. The highest BCUT2D eigenvalue weighted by atomic mass is 19.2. The van der Waals surface area contributed by atoms with Crippen LogP contribution in [0.25, 0.3) is 0 Å². The summed E-state index contributed by atoms with van der Waals surface area (Å²) in [5.41, 5.74) is 0.113. The molecule has 118 valence electrons. The molecule has 1 aromatic rings. The Balaban J connectivity index is 2.32. The van der Waals surface area contributed by atoms with Gasteiger partial charge in [0.2, 0.25) is 0 Å². The standard InChI is InChI=1S/C15H22F2N2O2/c1-10(11-5-6-12(16)13(17)9-11)18-7-8-19-14(20)21-15(2,3)4/h5-6,9-10,18H,7-8H2,1-4H3,(H,19,20)/t10-/m1/s1. The lowest BCUT2D eigenvalue weighted by atomic mass is 10.1. The quantitative estimate of drug-likeness (QED) is 0.821. The monoisotopic (exact) mass is 300 g/mol. The van der Waals surface area contributed by atoms with Gasteiger partial charge >= 0.3 is 6.09 Å². The second-order valence-corrected chi connectivity index (χ2v) is 5.78. The van der Waals surface area contributed by atoms with Crippen molar-refractivity contribution in [1.29, 1.82) is 0 Å². The Kier molecular flexibility index (Phi) is 6.08. The number of carbonyl (C=O) groups excluding carboxylic acids is 1. The number of carbonyl (C=O) groups is 1. The molecule has 0 aliphatic heterocycles. The third-order valence-electron chi connectivity index (χ3n) is 2.69. The maximum atomic E-state index is 13.1. The van der Waals surface area contributed by atoms with Gasteiger partial charge in [0.1, 0.15) is 5.60 Å². The van der Waals surface area contributed by atoms with Gasteiger partial charge in [0.25, 0.3) is 0 Å². The zero-order chi connectivity index (χ0) is 16.0. The molecular weight excluding hydrogens is 278 g/mol. The molecule has 2 N–H and O–H groups in total. The van der Waals surface area contributed by atoms with Crippen molar-refractivity contribution >= 4 is 6.09 Å². The zero-order valence-electron chi connectivity index (χ0n) is 12.8. The fourth-order valence-corrected chi connectivity index (χ4v) is 1.67. The predicted octanol–water partition coefficient (Wildman–Crippen LogP) is 3.14. The maximum Gasteiger partial charge on any atom is 0.407 e. The Morgan fingerprint density at radius 3 is 2.48 bits per heavy atom. The van der Waals surface area contributed by atoms with Gasteiger partial charge in [-0.15, -0.1) is 0 Å². The molecular formula is C15H22F2N2O2. The van der Waals surface area contributed by atoms with Gasteiger partial charge in [-0.3, -0.25) is 0 Å². The lowest BCUT2D eigenvalue weighted by molar-refractivity contribution is 0.0528. The fourth-order valence-electron chi connectivity index (χ4n) is 1.67. The van der Waals surface area contributed by atoms with Gasteiger partial charge in [-0.25, -0.2) is 13.6 Å².